The Morgan fingerprint density at radius 1 is 1.03 bits per heavy atom. The van der Waals surface area contributed by atoms with Gasteiger partial charge in [-0.05, 0) is 37.1 Å². The molecule has 8 nitrogen and oxygen atoms in total. The second-order valence-corrected chi connectivity index (χ2v) is 8.68. The average molecular weight is 411 g/mol. The minimum atomic E-state index is -3.86. The molecule has 1 aromatic heterocycles. The van der Waals surface area contributed by atoms with E-state index in [-0.39, 0.29) is 35.0 Å². The molecule has 0 atom stereocenters. The van der Waals surface area contributed by atoms with E-state index >= 15 is 0 Å². The Balaban J connectivity index is 1.69. The number of nitrogens with zero attached hydrogens (tertiary/aromatic N) is 3. The normalized spacial score (nSPS) is 13.8. The molecule has 0 radical (unpaired) electrons. The Bertz CT molecular complexity index is 1150. The second-order valence-electron chi connectivity index (χ2n) is 7.00. The summed E-state index contributed by atoms with van der Waals surface area (Å²) in [4.78, 5) is 23.0. The van der Waals surface area contributed by atoms with Crippen LogP contribution in [0, 0.1) is 0 Å². The number of aromatic nitrogens is 2. The minimum absolute atomic E-state index is 0.0452. The number of rotatable bonds is 7. The van der Waals surface area contributed by atoms with Crippen LogP contribution in [0.5, 0.6) is 0 Å². The lowest BCUT2D eigenvalue weighted by Gasteiger charge is -2.21. The monoisotopic (exact) mass is 411 g/mol. The highest BCUT2D eigenvalue weighted by molar-refractivity contribution is 7.92. The lowest BCUT2D eigenvalue weighted by molar-refractivity contribution is -0.119. The molecule has 1 saturated carbocycles. The number of likely N-dealkylation sites (N-methyl/N-ethyl adjacent to an activating group) is 1. The third-order valence-corrected chi connectivity index (χ3v) is 5.88. The van der Waals surface area contributed by atoms with Crippen LogP contribution in [-0.4, -0.2) is 43.9 Å². The molecule has 1 amide bonds. The Morgan fingerprint density at radius 2 is 1.66 bits per heavy atom. The highest BCUT2D eigenvalue weighted by atomic mass is 32.2. The van der Waals surface area contributed by atoms with E-state index in [2.05, 4.69) is 20.0 Å². The average Bonchev–Trinajstić information content (AvgIpc) is 3.51. The van der Waals surface area contributed by atoms with E-state index in [1.807, 2.05) is 6.07 Å². The van der Waals surface area contributed by atoms with Gasteiger partial charge in [-0.25, -0.2) is 18.4 Å². The van der Waals surface area contributed by atoms with E-state index in [1.165, 1.54) is 12.1 Å². The van der Waals surface area contributed by atoms with Crippen LogP contribution in [-0.2, 0) is 14.8 Å². The third-order valence-electron chi connectivity index (χ3n) is 4.52. The van der Waals surface area contributed by atoms with Gasteiger partial charge < -0.3 is 10.2 Å². The lowest BCUT2D eigenvalue weighted by Crippen LogP contribution is -2.37. The third kappa shape index (κ3) is 4.45. The first-order valence-electron chi connectivity index (χ1n) is 9.27. The van der Waals surface area contributed by atoms with Crippen LogP contribution in [0.2, 0.25) is 0 Å². The van der Waals surface area contributed by atoms with E-state index in [0.717, 1.165) is 12.8 Å². The number of para-hydroxylation sites is 2. The van der Waals surface area contributed by atoms with Crippen LogP contribution in [0.25, 0.3) is 11.0 Å². The largest absolute Gasteiger partial charge is 0.352 e. The van der Waals surface area contributed by atoms with Crippen LogP contribution < -0.4 is 14.9 Å². The summed E-state index contributed by atoms with van der Waals surface area (Å²) in [6.45, 7) is 0.0452. The molecule has 4 rings (SSSR count). The maximum atomic E-state index is 12.8. The number of hydrogen-bond acceptors (Lipinski definition) is 6. The van der Waals surface area contributed by atoms with Crippen molar-refractivity contribution in [3.8, 4) is 0 Å². The summed E-state index contributed by atoms with van der Waals surface area (Å²) < 4.78 is 28.2. The second kappa shape index (κ2) is 7.67. The van der Waals surface area contributed by atoms with E-state index in [9.17, 15) is 13.2 Å². The van der Waals surface area contributed by atoms with Crippen molar-refractivity contribution in [3.05, 3.63) is 54.6 Å². The van der Waals surface area contributed by atoms with Crippen molar-refractivity contribution in [3.63, 3.8) is 0 Å². The number of carbonyl (C=O) groups excluding carboxylic acids is 1. The molecule has 0 spiro atoms. The van der Waals surface area contributed by atoms with E-state index in [1.54, 1.807) is 48.3 Å². The van der Waals surface area contributed by atoms with Gasteiger partial charge in [0.05, 0.1) is 22.5 Å². The van der Waals surface area contributed by atoms with Gasteiger partial charge in [0, 0.05) is 13.1 Å². The zero-order chi connectivity index (χ0) is 20.4. The van der Waals surface area contributed by atoms with Gasteiger partial charge in [-0.15, -0.1) is 0 Å². The van der Waals surface area contributed by atoms with Crippen LogP contribution >= 0.6 is 0 Å². The Morgan fingerprint density at radius 3 is 2.31 bits per heavy atom. The maximum absolute atomic E-state index is 12.8. The molecule has 3 aromatic rings. The first kappa shape index (κ1) is 19.1. The van der Waals surface area contributed by atoms with Crippen molar-refractivity contribution in [2.75, 3.05) is 23.2 Å². The van der Waals surface area contributed by atoms with Gasteiger partial charge in [-0.1, -0.05) is 30.3 Å². The summed E-state index contributed by atoms with van der Waals surface area (Å²) >= 11 is 0. The van der Waals surface area contributed by atoms with E-state index in [4.69, 9.17) is 0 Å². The molecular formula is C20H21N5O3S. The molecule has 1 fully saturated rings. The van der Waals surface area contributed by atoms with Crippen LogP contribution in [0.4, 0.5) is 11.6 Å². The molecule has 2 aromatic carbocycles. The lowest BCUT2D eigenvalue weighted by atomic mass is 10.3. The predicted octanol–water partition coefficient (Wildman–Crippen LogP) is 2.15. The summed E-state index contributed by atoms with van der Waals surface area (Å²) in [5.41, 5.74) is 1.16. The summed E-state index contributed by atoms with van der Waals surface area (Å²) in [5, 5.41) is 2.92. The number of fused-ring (bicyclic) bond motifs is 1. The van der Waals surface area contributed by atoms with Gasteiger partial charge in [0.15, 0.2) is 11.6 Å². The smallest absolute Gasteiger partial charge is 0.263 e. The summed E-state index contributed by atoms with van der Waals surface area (Å²) in [6, 6.07) is 15.5. The summed E-state index contributed by atoms with van der Waals surface area (Å²) in [6.07, 6.45) is 1.99. The van der Waals surface area contributed by atoms with Gasteiger partial charge >= 0.3 is 0 Å². The Kier molecular flexibility index (Phi) is 5.06. The van der Waals surface area contributed by atoms with Crippen molar-refractivity contribution in [2.24, 2.45) is 0 Å². The summed E-state index contributed by atoms with van der Waals surface area (Å²) in [5.74, 6) is 0.227. The number of carbonyl (C=O) groups is 1. The molecule has 9 heteroatoms. The molecule has 0 saturated heterocycles. The highest BCUT2D eigenvalue weighted by Crippen LogP contribution is 2.26. The van der Waals surface area contributed by atoms with Crippen molar-refractivity contribution in [1.82, 2.24) is 15.3 Å². The zero-order valence-corrected chi connectivity index (χ0v) is 16.7. The number of amides is 1. The van der Waals surface area contributed by atoms with Gasteiger partial charge in [0.2, 0.25) is 5.91 Å². The fraction of sp³-hybridized carbons (Fsp3) is 0.250. The molecule has 1 aliphatic carbocycles. The number of sulfonamides is 1. The quantitative estimate of drug-likeness (QED) is 0.617. The van der Waals surface area contributed by atoms with Gasteiger partial charge in [-0.3, -0.25) is 9.52 Å². The molecule has 1 aliphatic rings. The molecule has 2 N–H and O–H groups in total. The van der Waals surface area contributed by atoms with E-state index in [0.29, 0.717) is 11.0 Å². The van der Waals surface area contributed by atoms with Crippen molar-refractivity contribution in [1.29, 1.82) is 0 Å². The van der Waals surface area contributed by atoms with Gasteiger partial charge in [0.25, 0.3) is 10.0 Å². The van der Waals surface area contributed by atoms with Crippen molar-refractivity contribution < 1.29 is 13.2 Å². The number of benzene rings is 2. The van der Waals surface area contributed by atoms with Crippen molar-refractivity contribution in [2.45, 2.75) is 23.8 Å². The molecule has 1 heterocycles. The summed E-state index contributed by atoms with van der Waals surface area (Å²) in [7, 11) is -2.17. The molecule has 0 unspecified atom stereocenters. The minimum Gasteiger partial charge on any atom is -0.352 e. The Hall–Kier alpha value is -3.20. The van der Waals surface area contributed by atoms with Crippen LogP contribution in [0.15, 0.2) is 59.5 Å². The molecule has 0 bridgehead atoms. The number of nitrogens with one attached hydrogen (secondary N) is 2. The number of anilines is 2. The first-order valence-corrected chi connectivity index (χ1v) is 10.8. The zero-order valence-electron chi connectivity index (χ0n) is 15.9. The fourth-order valence-corrected chi connectivity index (χ4v) is 3.93. The first-order chi connectivity index (χ1) is 13.9. The number of hydrogen-bond donors (Lipinski definition) is 2. The van der Waals surface area contributed by atoms with Crippen LogP contribution in [0.1, 0.15) is 12.8 Å². The van der Waals surface area contributed by atoms with Gasteiger partial charge in [-0.2, -0.15) is 0 Å². The Labute approximate surface area is 169 Å². The highest BCUT2D eigenvalue weighted by Gasteiger charge is 2.25. The molecule has 150 valence electrons. The van der Waals surface area contributed by atoms with E-state index < -0.39 is 10.0 Å². The molecule has 29 heavy (non-hydrogen) atoms. The standard InChI is InChI=1S/C20H21N5O3S/c1-25(13-18(26)21-14-11-12-14)20-19(22-16-9-5-6-10-17(16)23-20)24-29(27,28)15-7-3-2-4-8-15/h2-10,14H,11-13H2,1H3,(H,21,26)(H,22,24). The molecule has 0 aliphatic heterocycles. The topological polar surface area (TPSA) is 104 Å². The predicted molar refractivity (Wildman–Crippen MR) is 111 cm³/mol. The van der Waals surface area contributed by atoms with Gasteiger partial charge in [0.1, 0.15) is 0 Å². The fourth-order valence-electron chi connectivity index (χ4n) is 2.90. The van der Waals surface area contributed by atoms with Crippen LogP contribution in [0.3, 0.4) is 0 Å². The SMILES string of the molecule is CN(CC(=O)NC1CC1)c1nc2ccccc2nc1NS(=O)(=O)c1ccccc1. The maximum Gasteiger partial charge on any atom is 0.263 e. The van der Waals surface area contributed by atoms with Crippen molar-refractivity contribution >= 4 is 38.6 Å². The molecular weight excluding hydrogens is 390 g/mol.